The number of amides is 2. The topological polar surface area (TPSA) is 84.6 Å². The molecule has 1 N–H and O–H groups in total. The normalized spacial score (nSPS) is 21.0. The third kappa shape index (κ3) is 4.66. The lowest BCUT2D eigenvalue weighted by Gasteiger charge is -2.42. The van der Waals surface area contributed by atoms with E-state index in [0.717, 1.165) is 30.7 Å². The average molecular weight is 412 g/mol. The molecular weight excluding hydrogens is 382 g/mol. The lowest BCUT2D eigenvalue weighted by atomic mass is 9.83. The number of carbonyl (C=O) groups is 2. The van der Waals surface area contributed by atoms with Crippen LogP contribution in [0.1, 0.15) is 50.0 Å². The van der Waals surface area contributed by atoms with Gasteiger partial charge in [0.25, 0.3) is 5.56 Å². The van der Waals surface area contributed by atoms with Crippen LogP contribution in [0.5, 0.6) is 0 Å². The van der Waals surface area contributed by atoms with Gasteiger partial charge in [-0.25, -0.2) is 0 Å². The molecule has 3 atom stereocenters. The van der Waals surface area contributed by atoms with Crippen LogP contribution in [0.25, 0.3) is 0 Å². The van der Waals surface area contributed by atoms with E-state index in [1.165, 1.54) is 0 Å². The zero-order valence-electron chi connectivity index (χ0n) is 17.4. The van der Waals surface area contributed by atoms with Crippen LogP contribution in [-0.4, -0.2) is 40.4 Å². The van der Waals surface area contributed by atoms with Gasteiger partial charge in [0.2, 0.25) is 11.8 Å². The van der Waals surface area contributed by atoms with Crippen molar-refractivity contribution in [3.05, 3.63) is 58.4 Å². The van der Waals surface area contributed by atoms with Gasteiger partial charge in [-0.2, -0.15) is 0 Å². The van der Waals surface area contributed by atoms with Gasteiger partial charge in [-0.3, -0.25) is 14.4 Å². The van der Waals surface area contributed by atoms with Crippen molar-refractivity contribution in [3.63, 3.8) is 0 Å². The van der Waals surface area contributed by atoms with Crippen LogP contribution in [0, 0.1) is 5.92 Å². The highest BCUT2D eigenvalue weighted by molar-refractivity contribution is 5.84. The minimum absolute atomic E-state index is 0.0230. The smallest absolute Gasteiger partial charge is 0.250 e. The molecule has 160 valence electrons. The number of rotatable bonds is 7. The maximum absolute atomic E-state index is 12.7. The number of hydrogen-bond acceptors (Lipinski definition) is 4. The van der Waals surface area contributed by atoms with E-state index in [4.69, 9.17) is 4.42 Å². The molecular formula is C23H29N3O4. The molecule has 2 aliphatic rings. The molecule has 2 amide bonds. The summed E-state index contributed by atoms with van der Waals surface area (Å²) in [5, 5.41) is 2.97. The Hall–Kier alpha value is -2.83. The molecule has 4 heterocycles. The third-order valence-electron chi connectivity index (χ3n) is 6.21. The molecule has 0 aliphatic carbocycles. The van der Waals surface area contributed by atoms with Crippen molar-refractivity contribution in [2.75, 3.05) is 13.1 Å². The van der Waals surface area contributed by atoms with E-state index in [9.17, 15) is 14.4 Å². The number of nitrogens with zero attached hydrogens (tertiary/aromatic N) is 2. The summed E-state index contributed by atoms with van der Waals surface area (Å²) in [6.07, 6.45) is 4.65. The molecule has 0 aromatic carbocycles. The Morgan fingerprint density at radius 1 is 1.17 bits per heavy atom. The number of pyridine rings is 1. The number of fused-ring (bicyclic) bond motifs is 4. The van der Waals surface area contributed by atoms with Crippen molar-refractivity contribution in [2.24, 2.45) is 5.92 Å². The Kier molecular flexibility index (Phi) is 6.06. The van der Waals surface area contributed by atoms with Gasteiger partial charge in [-0.1, -0.05) is 6.07 Å². The molecule has 2 bridgehead atoms. The summed E-state index contributed by atoms with van der Waals surface area (Å²) in [4.78, 5) is 39.0. The summed E-state index contributed by atoms with van der Waals surface area (Å²) in [6.45, 7) is 3.92. The molecule has 7 nitrogen and oxygen atoms in total. The van der Waals surface area contributed by atoms with Crippen LogP contribution < -0.4 is 10.9 Å². The highest BCUT2D eigenvalue weighted by Crippen LogP contribution is 2.35. The quantitative estimate of drug-likeness (QED) is 0.758. The summed E-state index contributed by atoms with van der Waals surface area (Å²) >= 11 is 0. The van der Waals surface area contributed by atoms with Gasteiger partial charge in [-0.15, -0.1) is 0 Å². The lowest BCUT2D eigenvalue weighted by molar-refractivity contribution is -0.136. The monoisotopic (exact) mass is 411 g/mol. The first-order chi connectivity index (χ1) is 14.5. The number of piperidine rings is 1. The van der Waals surface area contributed by atoms with E-state index in [1.807, 2.05) is 34.6 Å². The first-order valence-electron chi connectivity index (χ1n) is 10.8. The first kappa shape index (κ1) is 20.4. The summed E-state index contributed by atoms with van der Waals surface area (Å²) in [5.41, 5.74) is 1.07. The van der Waals surface area contributed by atoms with Gasteiger partial charge in [-0.05, 0) is 43.9 Å². The number of aromatic nitrogens is 1. The Balaban J connectivity index is 1.24. The standard InChI is InChI=1S/C23H29N3O4/c1-16(7-8-19-4-3-11-30-19)24-21(27)9-10-22(28)25-13-17-12-18(15-25)20-5-2-6-23(29)26(20)14-17/h2-6,11,16-18H,7-10,12-15H2,1H3,(H,24,27)/t16-,17+,18-/m1/s1. The van der Waals surface area contributed by atoms with Gasteiger partial charge < -0.3 is 19.2 Å². The van der Waals surface area contributed by atoms with Crippen molar-refractivity contribution in [1.82, 2.24) is 14.8 Å². The predicted molar refractivity (Wildman–Crippen MR) is 112 cm³/mol. The zero-order valence-corrected chi connectivity index (χ0v) is 17.4. The molecule has 4 rings (SSSR count). The van der Waals surface area contributed by atoms with Crippen molar-refractivity contribution in [1.29, 1.82) is 0 Å². The second-order valence-electron chi connectivity index (χ2n) is 8.58. The van der Waals surface area contributed by atoms with Crippen molar-refractivity contribution in [2.45, 2.75) is 57.5 Å². The van der Waals surface area contributed by atoms with E-state index in [1.54, 1.807) is 18.4 Å². The Bertz CT molecular complexity index is 950. The number of aryl methyl sites for hydroxylation is 1. The van der Waals surface area contributed by atoms with Crippen LogP contribution in [-0.2, 0) is 22.6 Å². The van der Waals surface area contributed by atoms with Gasteiger partial charge in [0.15, 0.2) is 0 Å². The summed E-state index contributed by atoms with van der Waals surface area (Å²) < 4.78 is 7.17. The Labute approximate surface area is 176 Å². The van der Waals surface area contributed by atoms with Gasteiger partial charge in [0, 0.05) is 62.6 Å². The van der Waals surface area contributed by atoms with E-state index in [0.29, 0.717) is 25.6 Å². The number of hydrogen-bond donors (Lipinski definition) is 1. The molecule has 0 radical (unpaired) electrons. The molecule has 1 saturated heterocycles. The SMILES string of the molecule is C[C@H](CCc1ccco1)NC(=O)CCC(=O)N1C[C@@H]2C[C@H](C1)c1cccc(=O)n1C2. The van der Waals surface area contributed by atoms with Gasteiger partial charge in [0.1, 0.15) is 5.76 Å². The largest absolute Gasteiger partial charge is 0.469 e. The molecule has 0 spiro atoms. The third-order valence-corrected chi connectivity index (χ3v) is 6.21. The fourth-order valence-electron chi connectivity index (χ4n) is 4.71. The predicted octanol–water partition coefficient (Wildman–Crippen LogP) is 2.30. The zero-order chi connectivity index (χ0) is 21.1. The maximum atomic E-state index is 12.7. The molecule has 2 aliphatic heterocycles. The number of carbonyl (C=O) groups excluding carboxylic acids is 2. The minimum atomic E-state index is -0.0932. The van der Waals surface area contributed by atoms with E-state index in [-0.39, 0.29) is 42.2 Å². The average Bonchev–Trinajstić information content (AvgIpc) is 3.25. The fraction of sp³-hybridized carbons (Fsp3) is 0.522. The van der Waals surface area contributed by atoms with E-state index >= 15 is 0 Å². The summed E-state index contributed by atoms with van der Waals surface area (Å²) in [6, 6.07) is 9.20. The van der Waals surface area contributed by atoms with Crippen molar-refractivity contribution >= 4 is 11.8 Å². The van der Waals surface area contributed by atoms with E-state index in [2.05, 4.69) is 5.32 Å². The number of likely N-dealkylation sites (tertiary alicyclic amines) is 1. The van der Waals surface area contributed by atoms with Crippen molar-refractivity contribution < 1.29 is 14.0 Å². The Morgan fingerprint density at radius 3 is 2.83 bits per heavy atom. The maximum Gasteiger partial charge on any atom is 0.250 e. The molecule has 2 aromatic heterocycles. The molecule has 2 aromatic rings. The van der Waals surface area contributed by atoms with E-state index < -0.39 is 0 Å². The van der Waals surface area contributed by atoms with Crippen LogP contribution in [0.4, 0.5) is 0 Å². The molecule has 1 fully saturated rings. The second-order valence-corrected chi connectivity index (χ2v) is 8.58. The van der Waals surface area contributed by atoms with Crippen LogP contribution in [0.3, 0.4) is 0 Å². The summed E-state index contributed by atoms with van der Waals surface area (Å²) in [7, 11) is 0. The molecule has 0 saturated carbocycles. The fourth-order valence-corrected chi connectivity index (χ4v) is 4.71. The number of nitrogens with one attached hydrogen (secondary N) is 1. The van der Waals surface area contributed by atoms with Crippen LogP contribution >= 0.6 is 0 Å². The minimum Gasteiger partial charge on any atom is -0.469 e. The Morgan fingerprint density at radius 2 is 2.03 bits per heavy atom. The highest BCUT2D eigenvalue weighted by atomic mass is 16.3. The van der Waals surface area contributed by atoms with Crippen LogP contribution in [0.2, 0.25) is 0 Å². The molecule has 0 unspecified atom stereocenters. The molecule has 7 heteroatoms. The van der Waals surface area contributed by atoms with Crippen LogP contribution in [0.15, 0.2) is 45.8 Å². The molecule has 30 heavy (non-hydrogen) atoms. The lowest BCUT2D eigenvalue weighted by Crippen LogP contribution is -2.49. The summed E-state index contributed by atoms with van der Waals surface area (Å²) in [5.74, 6) is 1.34. The van der Waals surface area contributed by atoms with Gasteiger partial charge in [0.05, 0.1) is 6.26 Å². The van der Waals surface area contributed by atoms with Gasteiger partial charge >= 0.3 is 0 Å². The number of furan rings is 1. The highest BCUT2D eigenvalue weighted by Gasteiger charge is 2.36. The van der Waals surface area contributed by atoms with Crippen molar-refractivity contribution in [3.8, 4) is 0 Å². The first-order valence-corrected chi connectivity index (χ1v) is 10.8. The second kappa shape index (κ2) is 8.90.